The van der Waals surface area contributed by atoms with E-state index in [2.05, 4.69) is 30.8 Å². The van der Waals surface area contributed by atoms with E-state index in [1.165, 1.54) is 13.1 Å². The number of nitrogens with one attached hydrogen (secondary N) is 1. The van der Waals surface area contributed by atoms with Crippen LogP contribution in [0.4, 0.5) is 0 Å². The molecule has 3 heterocycles. The van der Waals surface area contributed by atoms with Crippen LogP contribution in [-0.4, -0.2) is 59.3 Å². The molecule has 2 unspecified atom stereocenters. The number of nitrogens with zero attached hydrogens (tertiary/aromatic N) is 1. The van der Waals surface area contributed by atoms with Crippen LogP contribution in [0.2, 0.25) is 0 Å². The lowest BCUT2D eigenvalue weighted by Gasteiger charge is -2.31. The lowest BCUT2D eigenvalue weighted by molar-refractivity contribution is -0.183. The number of thiol groups is 1. The van der Waals surface area contributed by atoms with Crippen LogP contribution in [0, 0.1) is 6.92 Å². The summed E-state index contributed by atoms with van der Waals surface area (Å²) >= 11 is 4.33. The first-order valence-electron chi connectivity index (χ1n) is 8.12. The molecule has 2 saturated heterocycles. The van der Waals surface area contributed by atoms with Gasteiger partial charge >= 0.3 is 29.2 Å². The van der Waals surface area contributed by atoms with E-state index in [1.54, 1.807) is 0 Å². The molecule has 6 atom stereocenters. The van der Waals surface area contributed by atoms with Gasteiger partial charge in [-0.25, -0.2) is 18.5 Å². The van der Waals surface area contributed by atoms with E-state index in [0.717, 1.165) is 4.57 Å². The molecular formula is C11H17N2O14P3S. The van der Waals surface area contributed by atoms with Crippen molar-refractivity contribution in [1.29, 1.82) is 0 Å². The quantitative estimate of drug-likeness (QED) is 0.179. The summed E-state index contributed by atoms with van der Waals surface area (Å²) in [6.07, 6.45) is -0.702. The lowest BCUT2D eigenvalue weighted by atomic mass is 10.0. The van der Waals surface area contributed by atoms with Gasteiger partial charge in [-0.2, -0.15) is 21.3 Å². The van der Waals surface area contributed by atoms with Crippen molar-refractivity contribution in [3.05, 3.63) is 32.6 Å². The number of rotatable bonds is 8. The minimum absolute atomic E-state index is 0.198. The van der Waals surface area contributed by atoms with E-state index < -0.39 is 64.5 Å². The van der Waals surface area contributed by atoms with Crippen molar-refractivity contribution in [1.82, 2.24) is 9.55 Å². The third-order valence-electron chi connectivity index (χ3n) is 4.31. The van der Waals surface area contributed by atoms with Crippen LogP contribution in [0.1, 0.15) is 11.8 Å². The van der Waals surface area contributed by atoms with E-state index in [0.29, 0.717) is 0 Å². The summed E-state index contributed by atoms with van der Waals surface area (Å²) in [5.74, 6) is 0. The fraction of sp³-hybridized carbons (Fsp3) is 0.636. The summed E-state index contributed by atoms with van der Waals surface area (Å²) in [6, 6.07) is 0. The Morgan fingerprint density at radius 3 is 2.48 bits per heavy atom. The van der Waals surface area contributed by atoms with Gasteiger partial charge in [0, 0.05) is 11.8 Å². The zero-order valence-electron chi connectivity index (χ0n) is 15.3. The lowest BCUT2D eigenvalue weighted by Crippen LogP contribution is -2.44. The Bertz CT molecular complexity index is 1130. The van der Waals surface area contributed by atoms with E-state index in [-0.39, 0.29) is 12.2 Å². The number of H-pyrrole nitrogens is 1. The molecule has 0 aromatic carbocycles. The Kier molecular flexibility index (Phi) is 6.69. The van der Waals surface area contributed by atoms with Crippen LogP contribution in [0.3, 0.4) is 0 Å². The molecule has 2 fully saturated rings. The topological polar surface area (TPSA) is 233 Å². The predicted octanol–water partition coefficient (Wildman–Crippen LogP) is -0.847. The van der Waals surface area contributed by atoms with Crippen LogP contribution in [0.15, 0.2) is 15.8 Å². The zero-order valence-corrected chi connectivity index (χ0v) is 18.9. The summed E-state index contributed by atoms with van der Waals surface area (Å²) < 4.78 is 58.3. The minimum Gasteiger partial charge on any atom is -0.369 e. The maximum Gasteiger partial charge on any atom is 0.490 e. The molecule has 31 heavy (non-hydrogen) atoms. The normalized spacial score (nSPS) is 32.0. The van der Waals surface area contributed by atoms with Gasteiger partial charge < -0.3 is 29.0 Å². The van der Waals surface area contributed by atoms with Gasteiger partial charge in [0.2, 0.25) is 0 Å². The van der Waals surface area contributed by atoms with Crippen LogP contribution in [0.5, 0.6) is 0 Å². The number of aromatic amines is 1. The summed E-state index contributed by atoms with van der Waals surface area (Å²) in [7, 11) is -16.6. The minimum atomic E-state index is -5.68. The molecule has 2 aliphatic rings. The fourth-order valence-corrected chi connectivity index (χ4v) is 6.53. The number of ether oxygens (including phenoxy) is 2. The number of phosphoric ester groups is 1. The third kappa shape index (κ3) is 5.47. The van der Waals surface area contributed by atoms with Crippen LogP contribution in [0.25, 0.3) is 0 Å². The fourth-order valence-electron chi connectivity index (χ4n) is 3.01. The Hall–Kier alpha value is -0.640. The van der Waals surface area contributed by atoms with E-state index in [9.17, 15) is 33.1 Å². The highest BCUT2D eigenvalue weighted by atomic mass is 32.1. The van der Waals surface area contributed by atoms with Crippen molar-refractivity contribution < 1.29 is 55.9 Å². The van der Waals surface area contributed by atoms with Crippen molar-refractivity contribution in [3.8, 4) is 0 Å². The third-order valence-corrected chi connectivity index (χ3v) is 8.86. The van der Waals surface area contributed by atoms with Crippen LogP contribution >= 0.6 is 36.1 Å². The number of hydrogen-bond acceptors (Lipinski definition) is 11. The molecule has 2 bridgehead atoms. The van der Waals surface area contributed by atoms with Crippen molar-refractivity contribution in [2.45, 2.75) is 30.1 Å². The van der Waals surface area contributed by atoms with Crippen molar-refractivity contribution in [2.24, 2.45) is 0 Å². The molecule has 5 N–H and O–H groups in total. The zero-order chi connectivity index (χ0) is 23.4. The second-order valence-electron chi connectivity index (χ2n) is 6.64. The molecule has 2 aliphatic heterocycles. The van der Waals surface area contributed by atoms with E-state index in [1.807, 2.05) is 0 Å². The van der Waals surface area contributed by atoms with Gasteiger partial charge in [-0.3, -0.25) is 18.9 Å². The Morgan fingerprint density at radius 2 is 1.87 bits per heavy atom. The highest BCUT2D eigenvalue weighted by Crippen LogP contribution is 2.66. The standard InChI is InChI=1S/C11H17N2O14P3S/c1-5-2-13(10(15)12-8(5)14)9-6-7(31)11(25-9,3-23-6)4-24-29(19,20)27-30(21,22)26-28(16,17)18/h2,6-7,9,31H,3-4H2,1H3,(H,19,20)(H,21,22)(H,12,14,15)(H2,16,17,18)/t6-,7+,9-,11-/m1/s1. The first-order chi connectivity index (χ1) is 14.0. The van der Waals surface area contributed by atoms with Crippen LogP contribution in [-0.2, 0) is 36.3 Å². The number of hydrogen-bond donors (Lipinski definition) is 6. The first-order valence-corrected chi connectivity index (χ1v) is 13.2. The molecule has 1 aromatic rings. The van der Waals surface area contributed by atoms with Gasteiger partial charge in [-0.15, -0.1) is 0 Å². The van der Waals surface area contributed by atoms with Gasteiger partial charge in [0.05, 0.1) is 18.5 Å². The monoisotopic (exact) mass is 526 g/mol. The molecule has 0 saturated carbocycles. The molecule has 0 radical (unpaired) electrons. The maximum absolute atomic E-state index is 12.1. The second kappa shape index (κ2) is 8.29. The van der Waals surface area contributed by atoms with Crippen molar-refractivity contribution in [3.63, 3.8) is 0 Å². The highest BCUT2D eigenvalue weighted by molar-refractivity contribution is 7.81. The molecule has 1 aromatic heterocycles. The SMILES string of the molecule is Cc1cn([C@@H]2O[C@@]3(COP(=O)(O)OP(=O)(O)OP(=O)(O)O)CO[C@@H]2[C@@H]3S)c(=O)[nH]c1=O. The van der Waals surface area contributed by atoms with Crippen LogP contribution < -0.4 is 11.2 Å². The average molecular weight is 526 g/mol. The molecule has 176 valence electrons. The molecule has 3 rings (SSSR count). The molecule has 0 spiro atoms. The van der Waals surface area contributed by atoms with Crippen molar-refractivity contribution >= 4 is 36.1 Å². The Labute approximate surface area is 177 Å². The largest absolute Gasteiger partial charge is 0.490 e. The van der Waals surface area contributed by atoms with Gasteiger partial charge in [0.25, 0.3) is 5.56 Å². The predicted molar refractivity (Wildman–Crippen MR) is 101 cm³/mol. The highest BCUT2D eigenvalue weighted by Gasteiger charge is 2.62. The van der Waals surface area contributed by atoms with Gasteiger partial charge in [-0.05, 0) is 6.92 Å². The molecule has 0 amide bonds. The number of phosphoric acid groups is 3. The summed E-state index contributed by atoms with van der Waals surface area (Å²) in [6.45, 7) is 0.441. The summed E-state index contributed by atoms with van der Waals surface area (Å²) in [5.41, 5.74) is -2.73. The number of aromatic nitrogens is 2. The van der Waals surface area contributed by atoms with Gasteiger partial charge in [-0.1, -0.05) is 0 Å². The summed E-state index contributed by atoms with van der Waals surface area (Å²) in [4.78, 5) is 61.7. The summed E-state index contributed by atoms with van der Waals surface area (Å²) in [5, 5.41) is -0.816. The maximum atomic E-state index is 12.1. The van der Waals surface area contributed by atoms with Gasteiger partial charge in [0.15, 0.2) is 6.23 Å². The van der Waals surface area contributed by atoms with E-state index >= 15 is 0 Å². The van der Waals surface area contributed by atoms with Crippen molar-refractivity contribution in [2.75, 3.05) is 13.2 Å². The average Bonchev–Trinajstić information content (AvgIpc) is 3.03. The molecular weight excluding hydrogens is 509 g/mol. The molecule has 0 aliphatic carbocycles. The smallest absolute Gasteiger partial charge is 0.369 e. The molecule has 20 heteroatoms. The second-order valence-corrected chi connectivity index (χ2v) is 11.6. The Balaban J connectivity index is 1.75. The molecule has 16 nitrogen and oxygen atoms in total. The first kappa shape index (κ1) is 25.0. The number of aryl methyl sites for hydroxylation is 1. The van der Waals surface area contributed by atoms with E-state index in [4.69, 9.17) is 19.3 Å². The van der Waals surface area contributed by atoms with Gasteiger partial charge in [0.1, 0.15) is 11.7 Å². The Morgan fingerprint density at radius 1 is 1.23 bits per heavy atom. The number of fused-ring (bicyclic) bond motifs is 2.